The van der Waals surface area contributed by atoms with Crippen LogP contribution in [0.4, 0.5) is 19.0 Å². The van der Waals surface area contributed by atoms with Gasteiger partial charge in [-0.25, -0.2) is 0 Å². The lowest BCUT2D eigenvalue weighted by molar-refractivity contribution is -0.137. The maximum absolute atomic E-state index is 12.7. The molecule has 1 aromatic heterocycles. The minimum Gasteiger partial charge on any atom is -0.506 e. The Morgan fingerprint density at radius 1 is 1.32 bits per heavy atom. The third-order valence-corrected chi connectivity index (χ3v) is 2.87. The lowest BCUT2D eigenvalue weighted by Crippen LogP contribution is -2.05. The van der Waals surface area contributed by atoms with Crippen molar-refractivity contribution in [3.05, 3.63) is 28.8 Å². The van der Waals surface area contributed by atoms with E-state index >= 15 is 0 Å². The van der Waals surface area contributed by atoms with Crippen molar-refractivity contribution in [3.63, 3.8) is 0 Å². The highest BCUT2D eigenvalue weighted by Crippen LogP contribution is 2.41. The molecule has 0 unspecified atom stereocenters. The molecule has 0 fully saturated rings. The van der Waals surface area contributed by atoms with Crippen molar-refractivity contribution in [3.8, 4) is 17.0 Å². The Hall–Kier alpha value is -1.89. The zero-order valence-corrected chi connectivity index (χ0v) is 10.4. The van der Waals surface area contributed by atoms with Gasteiger partial charge in [-0.05, 0) is 12.1 Å². The highest BCUT2D eigenvalue weighted by molar-refractivity contribution is 6.32. The zero-order chi connectivity index (χ0) is 14.4. The number of nitrogen functional groups attached to an aromatic ring is 1. The number of nitrogens with zero attached hydrogens (tertiary/aromatic N) is 2. The molecule has 0 aliphatic heterocycles. The molecular formula is C11H9ClF3N3O. The minimum absolute atomic E-state index is 0.116. The van der Waals surface area contributed by atoms with Crippen molar-refractivity contribution in [1.82, 2.24) is 9.78 Å². The summed E-state index contributed by atoms with van der Waals surface area (Å²) in [6.45, 7) is 0. The smallest absolute Gasteiger partial charge is 0.416 e. The Bertz CT molecular complexity index is 617. The van der Waals surface area contributed by atoms with Gasteiger partial charge in [0.2, 0.25) is 0 Å². The maximum atomic E-state index is 12.7. The van der Waals surface area contributed by atoms with Gasteiger partial charge >= 0.3 is 6.18 Å². The molecule has 0 radical (unpaired) electrons. The summed E-state index contributed by atoms with van der Waals surface area (Å²) in [6, 6.07) is 2.79. The van der Waals surface area contributed by atoms with E-state index in [0.717, 1.165) is 6.07 Å². The number of benzene rings is 1. The van der Waals surface area contributed by atoms with E-state index in [9.17, 15) is 18.3 Å². The number of aromatic hydroxyl groups is 1. The minimum atomic E-state index is -4.56. The molecule has 0 saturated carbocycles. The van der Waals surface area contributed by atoms with Crippen LogP contribution >= 0.6 is 11.6 Å². The monoisotopic (exact) mass is 291 g/mol. The van der Waals surface area contributed by atoms with Gasteiger partial charge in [0.25, 0.3) is 0 Å². The Morgan fingerprint density at radius 3 is 2.42 bits per heavy atom. The van der Waals surface area contributed by atoms with Crippen LogP contribution in [0.15, 0.2) is 18.2 Å². The van der Waals surface area contributed by atoms with Crippen LogP contribution in [-0.4, -0.2) is 14.9 Å². The van der Waals surface area contributed by atoms with Crippen molar-refractivity contribution >= 4 is 17.4 Å². The molecule has 0 spiro atoms. The van der Waals surface area contributed by atoms with Gasteiger partial charge in [0.05, 0.1) is 16.3 Å². The van der Waals surface area contributed by atoms with E-state index in [1.54, 1.807) is 0 Å². The van der Waals surface area contributed by atoms with Gasteiger partial charge in [-0.2, -0.15) is 18.3 Å². The van der Waals surface area contributed by atoms with Gasteiger partial charge in [0, 0.05) is 18.7 Å². The number of phenols is 1. The van der Waals surface area contributed by atoms with Gasteiger partial charge in [-0.3, -0.25) is 4.68 Å². The average Bonchev–Trinajstić information content (AvgIpc) is 2.61. The van der Waals surface area contributed by atoms with Crippen molar-refractivity contribution in [2.75, 3.05) is 5.73 Å². The van der Waals surface area contributed by atoms with Gasteiger partial charge in [0.1, 0.15) is 11.6 Å². The van der Waals surface area contributed by atoms with Gasteiger partial charge in [-0.1, -0.05) is 11.6 Å². The van der Waals surface area contributed by atoms with Crippen LogP contribution in [0.3, 0.4) is 0 Å². The summed E-state index contributed by atoms with van der Waals surface area (Å²) < 4.78 is 39.3. The summed E-state index contributed by atoms with van der Waals surface area (Å²) in [5.41, 5.74) is 4.59. The Balaban J connectivity index is 2.65. The first-order valence-corrected chi connectivity index (χ1v) is 5.47. The molecule has 0 amide bonds. The quantitative estimate of drug-likeness (QED) is 0.849. The molecule has 8 heteroatoms. The van der Waals surface area contributed by atoms with E-state index < -0.39 is 22.5 Å². The number of anilines is 1. The Labute approximate surface area is 111 Å². The number of hydrogen-bond donors (Lipinski definition) is 2. The summed E-state index contributed by atoms with van der Waals surface area (Å²) in [5.74, 6) is -0.212. The van der Waals surface area contributed by atoms with Crippen molar-refractivity contribution in [1.29, 1.82) is 0 Å². The topological polar surface area (TPSA) is 64.1 Å². The molecule has 1 heterocycles. The average molecular weight is 292 g/mol. The molecule has 1 aromatic carbocycles. The third kappa shape index (κ3) is 2.46. The summed E-state index contributed by atoms with van der Waals surface area (Å²) >= 11 is 5.61. The lowest BCUT2D eigenvalue weighted by Gasteiger charge is -2.10. The molecule has 19 heavy (non-hydrogen) atoms. The second-order valence-corrected chi connectivity index (χ2v) is 4.34. The van der Waals surface area contributed by atoms with Crippen LogP contribution in [0, 0.1) is 0 Å². The first kappa shape index (κ1) is 13.5. The Kier molecular flexibility index (Phi) is 3.09. The van der Waals surface area contributed by atoms with E-state index in [1.807, 2.05) is 0 Å². The predicted molar refractivity (Wildman–Crippen MR) is 64.7 cm³/mol. The van der Waals surface area contributed by atoms with Crippen LogP contribution in [0.5, 0.6) is 5.75 Å². The van der Waals surface area contributed by atoms with Gasteiger partial charge < -0.3 is 10.8 Å². The molecule has 4 nitrogen and oxygen atoms in total. The van der Waals surface area contributed by atoms with Crippen molar-refractivity contribution < 1.29 is 18.3 Å². The van der Waals surface area contributed by atoms with Gasteiger partial charge in [-0.15, -0.1) is 0 Å². The highest BCUT2D eigenvalue weighted by atomic mass is 35.5. The lowest BCUT2D eigenvalue weighted by atomic mass is 10.1. The molecule has 3 N–H and O–H groups in total. The molecule has 2 aromatic rings. The first-order chi connectivity index (χ1) is 8.70. The van der Waals surface area contributed by atoms with Crippen LogP contribution < -0.4 is 5.73 Å². The second kappa shape index (κ2) is 4.34. The largest absolute Gasteiger partial charge is 0.506 e. The number of halogens is 4. The SMILES string of the molecule is Cn1nc(-c2cc(C(F)(F)F)cc(Cl)c2O)cc1N. The normalized spacial score (nSPS) is 11.8. The number of alkyl halides is 3. The molecule has 0 atom stereocenters. The molecule has 2 rings (SSSR count). The van der Waals surface area contributed by atoms with Crippen LogP contribution in [-0.2, 0) is 13.2 Å². The first-order valence-electron chi connectivity index (χ1n) is 5.09. The number of aromatic nitrogens is 2. The fourth-order valence-electron chi connectivity index (χ4n) is 1.57. The zero-order valence-electron chi connectivity index (χ0n) is 9.66. The van der Waals surface area contributed by atoms with E-state index in [2.05, 4.69) is 5.10 Å². The number of phenolic OH excluding ortho intramolecular Hbond substituents is 1. The fourth-order valence-corrected chi connectivity index (χ4v) is 1.79. The summed E-state index contributed by atoms with van der Waals surface area (Å²) in [4.78, 5) is 0. The fraction of sp³-hybridized carbons (Fsp3) is 0.182. The van der Waals surface area contributed by atoms with Crippen molar-refractivity contribution in [2.24, 2.45) is 7.05 Å². The van der Waals surface area contributed by atoms with Crippen molar-refractivity contribution in [2.45, 2.75) is 6.18 Å². The highest BCUT2D eigenvalue weighted by Gasteiger charge is 2.32. The summed E-state index contributed by atoms with van der Waals surface area (Å²) in [5, 5.41) is 13.3. The van der Waals surface area contributed by atoms with E-state index in [-0.39, 0.29) is 17.1 Å². The van der Waals surface area contributed by atoms with E-state index in [4.69, 9.17) is 17.3 Å². The van der Waals surface area contributed by atoms with Crippen LogP contribution in [0.25, 0.3) is 11.3 Å². The maximum Gasteiger partial charge on any atom is 0.416 e. The summed E-state index contributed by atoms with van der Waals surface area (Å²) in [6.07, 6.45) is -4.56. The third-order valence-electron chi connectivity index (χ3n) is 2.58. The second-order valence-electron chi connectivity index (χ2n) is 3.93. The molecular weight excluding hydrogens is 283 g/mol. The molecule has 0 saturated heterocycles. The van der Waals surface area contributed by atoms with E-state index in [0.29, 0.717) is 6.07 Å². The predicted octanol–water partition coefficient (Wildman–Crippen LogP) is 3.05. The van der Waals surface area contributed by atoms with E-state index in [1.165, 1.54) is 17.8 Å². The number of hydrogen-bond acceptors (Lipinski definition) is 3. The number of aryl methyl sites for hydroxylation is 1. The molecule has 102 valence electrons. The number of nitrogens with two attached hydrogens (primary N) is 1. The van der Waals surface area contributed by atoms with Crippen LogP contribution in [0.1, 0.15) is 5.56 Å². The molecule has 0 bridgehead atoms. The Morgan fingerprint density at radius 2 is 1.95 bits per heavy atom. The molecule has 0 aliphatic rings. The van der Waals surface area contributed by atoms with Gasteiger partial charge in [0.15, 0.2) is 0 Å². The summed E-state index contributed by atoms with van der Waals surface area (Å²) in [7, 11) is 1.53. The standard InChI is InChI=1S/C11H9ClF3N3O/c1-18-9(16)4-8(17-18)6-2-5(11(13,14)15)3-7(12)10(6)19/h2-4,19H,16H2,1H3. The number of rotatable bonds is 1. The van der Waals surface area contributed by atoms with Crippen LogP contribution in [0.2, 0.25) is 5.02 Å². The molecule has 0 aliphatic carbocycles.